The van der Waals surface area contributed by atoms with Crippen molar-refractivity contribution in [2.75, 3.05) is 0 Å². The molecule has 32 heavy (non-hydrogen) atoms. The molecule has 2 aliphatic carbocycles. The number of allylic oxidation sites excluding steroid dienone is 4. The van der Waals surface area contributed by atoms with Gasteiger partial charge in [0.2, 0.25) is 0 Å². The Morgan fingerprint density at radius 2 is 1.41 bits per heavy atom. The van der Waals surface area contributed by atoms with Gasteiger partial charge in [0.25, 0.3) is 0 Å². The van der Waals surface area contributed by atoms with E-state index in [2.05, 4.69) is 98.8 Å². The molecule has 0 nitrogen and oxygen atoms in total. The van der Waals surface area contributed by atoms with Crippen LogP contribution in [0.15, 0.2) is 85.0 Å². The van der Waals surface area contributed by atoms with Crippen LogP contribution in [0.5, 0.6) is 0 Å². The van der Waals surface area contributed by atoms with Gasteiger partial charge in [-0.2, -0.15) is 0 Å². The van der Waals surface area contributed by atoms with Crippen molar-refractivity contribution in [1.29, 1.82) is 0 Å². The SMILES string of the molecule is C[C](C)=[Hf+2][c]1c(C2C=CC=C2)ccc2ccc3c(c12)-c1c(ccc2ccccc12)C3.[Cl-].[Cl-]. The number of halogens is 2. The Bertz CT molecular complexity index is 1430. The molecule has 0 bridgehead atoms. The number of hydrogen-bond donors (Lipinski definition) is 0. The molecule has 0 fully saturated rings. The van der Waals surface area contributed by atoms with Gasteiger partial charge in [0.1, 0.15) is 0 Å². The maximum absolute atomic E-state index is 2.41. The summed E-state index contributed by atoms with van der Waals surface area (Å²) < 4.78 is 3.36. The Kier molecular flexibility index (Phi) is 6.73. The first-order valence-corrected chi connectivity index (χ1v) is 14.3. The quantitative estimate of drug-likeness (QED) is 0.255. The Morgan fingerprint density at radius 3 is 2.16 bits per heavy atom. The topological polar surface area (TPSA) is 0 Å². The monoisotopic (exact) mass is 621 g/mol. The summed E-state index contributed by atoms with van der Waals surface area (Å²) >= 11 is -1.09. The van der Waals surface area contributed by atoms with Crippen molar-refractivity contribution < 1.29 is 47.2 Å². The largest absolute Gasteiger partial charge is 1.00 e. The molecule has 0 saturated carbocycles. The van der Waals surface area contributed by atoms with Crippen molar-refractivity contribution in [1.82, 2.24) is 0 Å². The van der Waals surface area contributed by atoms with Crippen LogP contribution in [0.1, 0.15) is 36.5 Å². The summed E-state index contributed by atoms with van der Waals surface area (Å²) in [7, 11) is 0. The zero-order valence-corrected chi connectivity index (χ0v) is 23.2. The van der Waals surface area contributed by atoms with E-state index < -0.39 is 22.4 Å². The van der Waals surface area contributed by atoms with Gasteiger partial charge in [0, 0.05) is 0 Å². The molecule has 2 aliphatic rings. The van der Waals surface area contributed by atoms with Crippen LogP contribution in [0.25, 0.3) is 32.7 Å². The van der Waals surface area contributed by atoms with Crippen molar-refractivity contribution in [3.8, 4) is 11.1 Å². The van der Waals surface area contributed by atoms with Gasteiger partial charge in [-0.25, -0.2) is 0 Å². The maximum atomic E-state index is 2.41. The fourth-order valence-electron chi connectivity index (χ4n) is 5.18. The average molecular weight is 621 g/mol. The fourth-order valence-corrected chi connectivity index (χ4v) is 9.81. The molecule has 0 radical (unpaired) electrons. The van der Waals surface area contributed by atoms with Crippen LogP contribution in [0.4, 0.5) is 0 Å². The zero-order chi connectivity index (χ0) is 20.2. The Morgan fingerprint density at radius 1 is 0.750 bits per heavy atom. The van der Waals surface area contributed by atoms with Crippen LogP contribution in [0.3, 0.4) is 0 Å². The van der Waals surface area contributed by atoms with E-state index in [0.717, 1.165) is 6.42 Å². The average Bonchev–Trinajstić information content (AvgIpc) is 3.41. The number of benzene rings is 4. The standard InChI is InChI=1S/C26H17.C3H6.2ClH.Hf/c1-2-6-17(5-1)20-12-9-19-11-14-22-15-21-13-10-18-7-3-4-8-23(18)25(21)26(22)24(19)16-20;1-3-2;;;/h1-14,17H,15H2;1-2H3;2*1H;/q;;;;+2/p-2. The zero-order valence-electron chi connectivity index (χ0n) is 18.1. The second-order valence-electron chi connectivity index (χ2n) is 8.65. The number of hydrogen-bond acceptors (Lipinski definition) is 0. The molecule has 0 aliphatic heterocycles. The van der Waals surface area contributed by atoms with Crippen molar-refractivity contribution in [2.45, 2.75) is 26.2 Å². The second kappa shape index (κ2) is 9.21. The molecule has 0 atom stereocenters. The van der Waals surface area contributed by atoms with E-state index in [4.69, 9.17) is 0 Å². The van der Waals surface area contributed by atoms with Gasteiger partial charge in [0.05, 0.1) is 0 Å². The van der Waals surface area contributed by atoms with Gasteiger partial charge in [-0.15, -0.1) is 0 Å². The van der Waals surface area contributed by atoms with Crippen LogP contribution >= 0.6 is 0 Å². The predicted molar refractivity (Wildman–Crippen MR) is 127 cm³/mol. The molecule has 0 spiro atoms. The van der Waals surface area contributed by atoms with Gasteiger partial charge in [-0.1, -0.05) is 0 Å². The molecule has 0 amide bonds. The van der Waals surface area contributed by atoms with Gasteiger partial charge < -0.3 is 24.8 Å². The number of rotatable bonds is 2. The summed E-state index contributed by atoms with van der Waals surface area (Å²) in [5.41, 5.74) is 7.54. The van der Waals surface area contributed by atoms with Crippen molar-refractivity contribution in [3.63, 3.8) is 0 Å². The van der Waals surface area contributed by atoms with E-state index in [1.807, 2.05) is 0 Å². The van der Waals surface area contributed by atoms with E-state index in [0.29, 0.717) is 5.92 Å². The normalized spacial score (nSPS) is 13.4. The molecule has 4 aromatic carbocycles. The second-order valence-corrected chi connectivity index (χ2v) is 14.9. The maximum Gasteiger partial charge on any atom is -1.00 e. The molecule has 157 valence electrons. The molecule has 0 saturated heterocycles. The molecule has 0 unspecified atom stereocenters. The summed E-state index contributed by atoms with van der Waals surface area (Å²) in [4.78, 5) is 0. The molecule has 0 aromatic heterocycles. The minimum atomic E-state index is -1.09. The first-order chi connectivity index (χ1) is 14.7. The third-order valence-corrected chi connectivity index (χ3v) is 11.1. The van der Waals surface area contributed by atoms with Crippen molar-refractivity contribution >= 4 is 28.1 Å². The summed E-state index contributed by atoms with van der Waals surface area (Å²) in [6, 6.07) is 23.1. The summed E-state index contributed by atoms with van der Waals surface area (Å²) in [6.45, 7) is 4.69. The van der Waals surface area contributed by atoms with Crippen molar-refractivity contribution in [2.24, 2.45) is 0 Å². The molecular weight excluding hydrogens is 598 g/mol. The van der Waals surface area contributed by atoms with Crippen LogP contribution in [-0.4, -0.2) is 3.26 Å². The third kappa shape index (κ3) is 3.69. The Hall–Kier alpha value is -1.80. The predicted octanol–water partition coefficient (Wildman–Crippen LogP) is 0.702. The molecule has 3 heteroatoms. The summed E-state index contributed by atoms with van der Waals surface area (Å²) in [5, 5.41) is 5.72. The molecule has 0 N–H and O–H groups in total. The smallest absolute Gasteiger partial charge is 1.00 e. The van der Waals surface area contributed by atoms with Crippen molar-refractivity contribution in [3.05, 3.63) is 102 Å². The fraction of sp³-hybridized carbons (Fsp3) is 0.138. The molecule has 0 heterocycles. The van der Waals surface area contributed by atoms with Gasteiger partial charge in [-0.05, 0) is 0 Å². The first-order valence-electron chi connectivity index (χ1n) is 10.7. The van der Waals surface area contributed by atoms with E-state index in [-0.39, 0.29) is 24.8 Å². The van der Waals surface area contributed by atoms with Gasteiger partial charge in [-0.3, -0.25) is 0 Å². The van der Waals surface area contributed by atoms with Gasteiger partial charge >= 0.3 is 190 Å². The number of fused-ring (bicyclic) bond motifs is 7. The molecular formula is C29H23Cl2Hf. The van der Waals surface area contributed by atoms with Crippen LogP contribution in [-0.2, 0) is 28.8 Å². The van der Waals surface area contributed by atoms with Crippen LogP contribution in [0, 0.1) is 0 Å². The molecule has 4 aromatic rings. The van der Waals surface area contributed by atoms with Crippen LogP contribution in [0.2, 0.25) is 0 Å². The van der Waals surface area contributed by atoms with E-state index in [1.54, 1.807) is 17.5 Å². The van der Waals surface area contributed by atoms with Crippen LogP contribution < -0.4 is 28.1 Å². The van der Waals surface area contributed by atoms with E-state index in [9.17, 15) is 0 Å². The third-order valence-electron chi connectivity index (χ3n) is 6.43. The Labute approximate surface area is 213 Å². The Balaban J connectivity index is 0.00000122. The summed E-state index contributed by atoms with van der Waals surface area (Å²) in [6.07, 6.45) is 10.2. The minimum Gasteiger partial charge on any atom is -1.00 e. The summed E-state index contributed by atoms with van der Waals surface area (Å²) in [5.74, 6) is 0.431. The minimum absolute atomic E-state index is 0. The van der Waals surface area contributed by atoms with E-state index in [1.165, 1.54) is 38.4 Å². The van der Waals surface area contributed by atoms with E-state index >= 15 is 0 Å². The molecule has 6 rings (SSSR count). The first kappa shape index (κ1) is 23.4. The van der Waals surface area contributed by atoms with Gasteiger partial charge in [0.15, 0.2) is 0 Å².